The molecule has 0 aliphatic rings. The van der Waals surface area contributed by atoms with Crippen molar-refractivity contribution in [3.8, 4) is 0 Å². The first-order chi connectivity index (χ1) is 8.43. The van der Waals surface area contributed by atoms with Gasteiger partial charge in [0.25, 0.3) is 0 Å². The van der Waals surface area contributed by atoms with Crippen molar-refractivity contribution in [3.05, 3.63) is 34.6 Å². The molecule has 3 nitrogen and oxygen atoms in total. The van der Waals surface area contributed by atoms with Gasteiger partial charge in [-0.2, -0.15) is 0 Å². The van der Waals surface area contributed by atoms with Gasteiger partial charge in [0.1, 0.15) is 11.9 Å². The van der Waals surface area contributed by atoms with Gasteiger partial charge in [0.05, 0.1) is 11.1 Å². The highest BCUT2D eigenvalue weighted by atomic mass is 35.5. The van der Waals surface area contributed by atoms with Gasteiger partial charge in [-0.3, -0.25) is 4.79 Å². The Morgan fingerprint density at radius 3 is 2.78 bits per heavy atom. The van der Waals surface area contributed by atoms with Crippen molar-refractivity contribution in [2.75, 3.05) is 5.75 Å². The van der Waals surface area contributed by atoms with E-state index in [1.807, 2.05) is 0 Å². The Kier molecular flexibility index (Phi) is 6.08. The fourth-order valence-corrected chi connectivity index (χ4v) is 2.32. The van der Waals surface area contributed by atoms with Crippen LogP contribution in [0.25, 0.3) is 0 Å². The summed E-state index contributed by atoms with van der Waals surface area (Å²) in [7, 11) is 0. The lowest BCUT2D eigenvalue weighted by atomic mass is 10.0. The fourth-order valence-electron chi connectivity index (χ4n) is 1.44. The van der Waals surface area contributed by atoms with Crippen LogP contribution in [0.4, 0.5) is 4.39 Å². The number of thioether (sulfide) groups is 1. The van der Waals surface area contributed by atoms with Gasteiger partial charge in [-0.25, -0.2) is 4.39 Å². The molecule has 0 aliphatic heterocycles. The average Bonchev–Trinajstić information content (AvgIpc) is 2.31. The average molecular weight is 293 g/mol. The van der Waals surface area contributed by atoms with E-state index in [0.29, 0.717) is 5.75 Å². The largest absolute Gasteiger partial charge is 0.390 e. The molecule has 1 aromatic carbocycles. The van der Waals surface area contributed by atoms with Crippen LogP contribution in [0, 0.1) is 5.82 Å². The molecule has 6 heteroatoms. The third kappa shape index (κ3) is 4.24. The van der Waals surface area contributed by atoms with E-state index in [2.05, 4.69) is 0 Å². The lowest BCUT2D eigenvalue weighted by Crippen LogP contribution is -2.19. The standard InChI is InChI=1S/C12H14ClFO3S/c1-7(15)18-6-5-10(16)12(17)8-3-2-4-9(14)11(8)13/h2-4,10,12,16-17H,5-6H2,1H3. The first-order valence-corrected chi connectivity index (χ1v) is 6.73. The van der Waals surface area contributed by atoms with E-state index in [-0.39, 0.29) is 22.1 Å². The minimum Gasteiger partial charge on any atom is -0.390 e. The van der Waals surface area contributed by atoms with Crippen molar-refractivity contribution >= 4 is 28.5 Å². The Morgan fingerprint density at radius 1 is 1.50 bits per heavy atom. The normalized spacial score (nSPS) is 14.3. The van der Waals surface area contributed by atoms with E-state index in [4.69, 9.17) is 11.6 Å². The first-order valence-electron chi connectivity index (χ1n) is 5.37. The zero-order valence-corrected chi connectivity index (χ0v) is 11.3. The second kappa shape index (κ2) is 7.09. The molecule has 0 heterocycles. The summed E-state index contributed by atoms with van der Waals surface area (Å²) in [4.78, 5) is 10.7. The van der Waals surface area contributed by atoms with Crippen LogP contribution in [0.2, 0.25) is 5.02 Å². The lowest BCUT2D eigenvalue weighted by Gasteiger charge is -2.19. The monoisotopic (exact) mass is 292 g/mol. The second-order valence-corrected chi connectivity index (χ2v) is 5.43. The van der Waals surface area contributed by atoms with Gasteiger partial charge in [-0.05, 0) is 12.5 Å². The van der Waals surface area contributed by atoms with Gasteiger partial charge in [0.15, 0.2) is 5.12 Å². The Labute approximate surface area is 114 Å². The van der Waals surface area contributed by atoms with Crippen LogP contribution >= 0.6 is 23.4 Å². The van der Waals surface area contributed by atoms with E-state index < -0.39 is 18.0 Å². The van der Waals surface area contributed by atoms with E-state index >= 15 is 0 Å². The summed E-state index contributed by atoms with van der Waals surface area (Å²) in [5.74, 6) is -0.251. The third-order valence-electron chi connectivity index (χ3n) is 2.38. The second-order valence-electron chi connectivity index (χ2n) is 3.78. The number of halogens is 2. The molecule has 0 aliphatic carbocycles. The molecule has 2 atom stereocenters. The van der Waals surface area contributed by atoms with Crippen LogP contribution < -0.4 is 0 Å². The molecule has 100 valence electrons. The summed E-state index contributed by atoms with van der Waals surface area (Å²) < 4.78 is 13.2. The Morgan fingerprint density at radius 2 is 2.17 bits per heavy atom. The highest BCUT2D eigenvalue weighted by molar-refractivity contribution is 8.13. The number of aliphatic hydroxyl groups is 2. The van der Waals surface area contributed by atoms with E-state index in [9.17, 15) is 19.4 Å². The maximum atomic E-state index is 13.2. The summed E-state index contributed by atoms with van der Waals surface area (Å²) in [5.41, 5.74) is 0.150. The summed E-state index contributed by atoms with van der Waals surface area (Å²) in [5, 5.41) is 19.4. The third-order valence-corrected chi connectivity index (χ3v) is 3.63. The summed E-state index contributed by atoms with van der Waals surface area (Å²) in [6.07, 6.45) is -2.13. The summed E-state index contributed by atoms with van der Waals surface area (Å²) >= 11 is 6.77. The number of carbonyl (C=O) groups is 1. The quantitative estimate of drug-likeness (QED) is 0.876. The molecule has 0 spiro atoms. The van der Waals surface area contributed by atoms with Crippen LogP contribution in [0.5, 0.6) is 0 Å². The van der Waals surface area contributed by atoms with Crippen molar-refractivity contribution in [2.45, 2.75) is 25.6 Å². The highest BCUT2D eigenvalue weighted by Gasteiger charge is 2.22. The molecule has 1 aromatic rings. The molecule has 18 heavy (non-hydrogen) atoms. The Balaban J connectivity index is 2.65. The molecule has 0 aromatic heterocycles. The Hall–Kier alpha value is -0.620. The van der Waals surface area contributed by atoms with Gasteiger partial charge in [-0.1, -0.05) is 35.5 Å². The molecule has 0 amide bonds. The van der Waals surface area contributed by atoms with Gasteiger partial charge in [-0.15, -0.1) is 0 Å². The molecule has 1 rings (SSSR count). The molecule has 0 saturated heterocycles. The molecule has 2 N–H and O–H groups in total. The van der Waals surface area contributed by atoms with Gasteiger partial charge < -0.3 is 10.2 Å². The predicted molar refractivity (Wildman–Crippen MR) is 70.1 cm³/mol. The summed E-state index contributed by atoms with van der Waals surface area (Å²) in [6, 6.07) is 4.05. The highest BCUT2D eigenvalue weighted by Crippen LogP contribution is 2.28. The first kappa shape index (κ1) is 15.4. The van der Waals surface area contributed by atoms with E-state index in [1.54, 1.807) is 0 Å². The number of aliphatic hydroxyl groups excluding tert-OH is 2. The van der Waals surface area contributed by atoms with Gasteiger partial charge in [0, 0.05) is 18.2 Å². The SMILES string of the molecule is CC(=O)SCCC(O)C(O)c1cccc(F)c1Cl. The van der Waals surface area contributed by atoms with Crippen molar-refractivity contribution in [1.82, 2.24) is 0 Å². The molecular weight excluding hydrogens is 279 g/mol. The van der Waals surface area contributed by atoms with Crippen molar-refractivity contribution in [3.63, 3.8) is 0 Å². The number of carbonyl (C=O) groups excluding carboxylic acids is 1. The predicted octanol–water partition coefficient (Wildman–Crippen LogP) is 2.54. The number of benzene rings is 1. The van der Waals surface area contributed by atoms with Crippen LogP contribution in [0.15, 0.2) is 18.2 Å². The molecule has 0 bridgehead atoms. The molecule has 0 radical (unpaired) electrons. The van der Waals surface area contributed by atoms with Crippen LogP contribution in [0.1, 0.15) is 25.0 Å². The zero-order chi connectivity index (χ0) is 13.7. The Bertz CT molecular complexity index is 428. The maximum Gasteiger partial charge on any atom is 0.185 e. The number of rotatable bonds is 5. The smallest absolute Gasteiger partial charge is 0.185 e. The topological polar surface area (TPSA) is 57.5 Å². The van der Waals surface area contributed by atoms with Crippen LogP contribution in [0.3, 0.4) is 0 Å². The molecule has 2 unspecified atom stereocenters. The minimum absolute atomic E-state index is 0.0551. The number of hydrogen-bond donors (Lipinski definition) is 2. The molecular formula is C12H14ClFO3S. The minimum atomic E-state index is -1.26. The van der Waals surface area contributed by atoms with E-state index in [0.717, 1.165) is 11.8 Å². The fraction of sp³-hybridized carbons (Fsp3) is 0.417. The van der Waals surface area contributed by atoms with Crippen molar-refractivity contribution in [2.24, 2.45) is 0 Å². The number of hydrogen-bond acceptors (Lipinski definition) is 4. The van der Waals surface area contributed by atoms with Crippen LogP contribution in [-0.2, 0) is 4.79 Å². The lowest BCUT2D eigenvalue weighted by molar-refractivity contribution is -0.109. The molecule has 0 fully saturated rings. The van der Waals surface area contributed by atoms with Gasteiger partial charge in [0.2, 0.25) is 0 Å². The van der Waals surface area contributed by atoms with Crippen molar-refractivity contribution < 1.29 is 19.4 Å². The van der Waals surface area contributed by atoms with Crippen LogP contribution in [-0.4, -0.2) is 27.2 Å². The maximum absolute atomic E-state index is 13.2. The zero-order valence-electron chi connectivity index (χ0n) is 9.77. The molecule has 0 saturated carbocycles. The van der Waals surface area contributed by atoms with Gasteiger partial charge >= 0.3 is 0 Å². The van der Waals surface area contributed by atoms with Crippen molar-refractivity contribution in [1.29, 1.82) is 0 Å². The van der Waals surface area contributed by atoms with E-state index in [1.165, 1.54) is 25.1 Å². The summed E-state index contributed by atoms with van der Waals surface area (Å²) in [6.45, 7) is 1.43.